The zero-order valence-electron chi connectivity index (χ0n) is 16.2. The van der Waals surface area contributed by atoms with Crippen LogP contribution in [-0.4, -0.2) is 40.8 Å². The molecule has 28 heavy (non-hydrogen) atoms. The summed E-state index contributed by atoms with van der Waals surface area (Å²) in [5.74, 6) is 0.803. The van der Waals surface area contributed by atoms with Crippen LogP contribution in [-0.2, 0) is 16.8 Å². The first-order chi connectivity index (χ1) is 13.5. The van der Waals surface area contributed by atoms with E-state index in [0.29, 0.717) is 19.6 Å². The number of carbonyl (C=O) groups is 1. The second-order valence-electron chi connectivity index (χ2n) is 6.95. The maximum atomic E-state index is 11.9. The Hall–Kier alpha value is -3.28. The number of anilines is 1. The van der Waals surface area contributed by atoms with E-state index in [0.717, 1.165) is 17.1 Å². The first-order valence-electron chi connectivity index (χ1n) is 9.20. The van der Waals surface area contributed by atoms with Gasteiger partial charge in [-0.05, 0) is 48.9 Å². The standard InChI is InChI=1S/C22H25N3O3/c1-22(21(26)27,25-13-5-6-14-25)17-18-8-10-19(11-9-18)28-16-15-24(2)20-7-3-4-12-23-20/h3-14H,15-17H2,1-2H3,(H,26,27)/t22-/m0/s1. The molecule has 3 aromatic rings. The summed E-state index contributed by atoms with van der Waals surface area (Å²) in [5.41, 5.74) is -0.0892. The Labute approximate surface area is 165 Å². The fourth-order valence-corrected chi connectivity index (χ4v) is 3.04. The summed E-state index contributed by atoms with van der Waals surface area (Å²) < 4.78 is 7.54. The Kier molecular flexibility index (Phi) is 5.99. The summed E-state index contributed by atoms with van der Waals surface area (Å²) in [7, 11) is 1.97. The summed E-state index contributed by atoms with van der Waals surface area (Å²) in [6.07, 6.45) is 5.72. The lowest BCUT2D eigenvalue weighted by molar-refractivity contribution is -0.146. The number of aromatic nitrogens is 2. The van der Waals surface area contributed by atoms with Gasteiger partial charge in [0.25, 0.3) is 0 Å². The predicted octanol–water partition coefficient (Wildman–Crippen LogP) is 3.44. The molecule has 6 nitrogen and oxygen atoms in total. The number of benzene rings is 1. The molecule has 2 aromatic heterocycles. The van der Waals surface area contributed by atoms with Crippen LogP contribution in [0.2, 0.25) is 0 Å². The molecule has 1 N–H and O–H groups in total. The third kappa shape index (κ3) is 4.52. The van der Waals surface area contributed by atoms with Crippen LogP contribution in [0.3, 0.4) is 0 Å². The van der Waals surface area contributed by atoms with Crippen molar-refractivity contribution in [2.75, 3.05) is 25.1 Å². The smallest absolute Gasteiger partial charge is 0.329 e. The molecule has 3 rings (SSSR count). The molecule has 0 aliphatic heterocycles. The van der Waals surface area contributed by atoms with Crippen molar-refractivity contribution >= 4 is 11.8 Å². The highest BCUT2D eigenvalue weighted by molar-refractivity contribution is 5.76. The van der Waals surface area contributed by atoms with Gasteiger partial charge in [-0.3, -0.25) is 0 Å². The van der Waals surface area contributed by atoms with Crippen LogP contribution in [0.25, 0.3) is 0 Å². The van der Waals surface area contributed by atoms with E-state index in [2.05, 4.69) is 4.98 Å². The van der Waals surface area contributed by atoms with Gasteiger partial charge in [-0.1, -0.05) is 18.2 Å². The lowest BCUT2D eigenvalue weighted by Gasteiger charge is -2.27. The average molecular weight is 379 g/mol. The molecule has 0 unspecified atom stereocenters. The van der Waals surface area contributed by atoms with E-state index < -0.39 is 11.5 Å². The van der Waals surface area contributed by atoms with Gasteiger partial charge in [-0.25, -0.2) is 9.78 Å². The molecule has 0 saturated heterocycles. The minimum absolute atomic E-state index is 0.389. The van der Waals surface area contributed by atoms with Gasteiger partial charge in [0.2, 0.25) is 0 Å². The van der Waals surface area contributed by atoms with Gasteiger partial charge in [0.05, 0.1) is 6.54 Å². The van der Waals surface area contributed by atoms with E-state index in [1.807, 2.05) is 66.5 Å². The number of hydrogen-bond donors (Lipinski definition) is 1. The first kappa shape index (κ1) is 19.5. The van der Waals surface area contributed by atoms with Crippen LogP contribution in [0.4, 0.5) is 5.82 Å². The van der Waals surface area contributed by atoms with Crippen molar-refractivity contribution in [3.05, 3.63) is 78.8 Å². The Morgan fingerprint density at radius 1 is 1.14 bits per heavy atom. The van der Waals surface area contributed by atoms with E-state index >= 15 is 0 Å². The highest BCUT2D eigenvalue weighted by Crippen LogP contribution is 2.24. The quantitative estimate of drug-likeness (QED) is 0.617. The SMILES string of the molecule is CN(CCOc1ccc(C[C@@](C)(C(=O)O)n2cccc2)cc1)c1ccccn1. The maximum Gasteiger partial charge on any atom is 0.329 e. The molecule has 0 radical (unpaired) electrons. The molecule has 0 amide bonds. The average Bonchev–Trinajstić information content (AvgIpc) is 3.25. The first-order valence-corrected chi connectivity index (χ1v) is 9.20. The zero-order chi connectivity index (χ0) is 20.0. The Bertz CT molecular complexity index is 879. The molecule has 0 bridgehead atoms. The number of carboxylic acids is 1. The maximum absolute atomic E-state index is 11.9. The number of aliphatic carboxylic acids is 1. The van der Waals surface area contributed by atoms with Crippen LogP contribution in [0.5, 0.6) is 5.75 Å². The third-order valence-electron chi connectivity index (χ3n) is 4.84. The molecule has 1 aromatic carbocycles. The molecule has 1 atom stereocenters. The van der Waals surface area contributed by atoms with Gasteiger partial charge in [0.1, 0.15) is 23.7 Å². The Morgan fingerprint density at radius 3 is 2.46 bits per heavy atom. The molecule has 0 aliphatic rings. The predicted molar refractivity (Wildman–Crippen MR) is 109 cm³/mol. The van der Waals surface area contributed by atoms with Crippen LogP contribution in [0.1, 0.15) is 12.5 Å². The van der Waals surface area contributed by atoms with E-state index in [1.165, 1.54) is 0 Å². The molecule has 0 fully saturated rings. The lowest BCUT2D eigenvalue weighted by atomic mass is 9.92. The zero-order valence-corrected chi connectivity index (χ0v) is 16.2. The summed E-state index contributed by atoms with van der Waals surface area (Å²) in [4.78, 5) is 18.2. The van der Waals surface area contributed by atoms with Crippen LogP contribution in [0.15, 0.2) is 73.2 Å². The normalized spacial score (nSPS) is 12.9. The highest BCUT2D eigenvalue weighted by Gasteiger charge is 2.34. The lowest BCUT2D eigenvalue weighted by Crippen LogP contribution is -2.40. The van der Waals surface area contributed by atoms with Gasteiger partial charge in [-0.15, -0.1) is 0 Å². The van der Waals surface area contributed by atoms with Crippen molar-refractivity contribution in [2.45, 2.75) is 18.9 Å². The van der Waals surface area contributed by atoms with Crippen LogP contribution >= 0.6 is 0 Å². The number of carboxylic acid groups (broad SMARTS) is 1. The summed E-state index contributed by atoms with van der Waals surface area (Å²) in [6, 6.07) is 17.1. The van der Waals surface area contributed by atoms with Gasteiger partial charge >= 0.3 is 5.97 Å². The van der Waals surface area contributed by atoms with Gasteiger partial charge in [0.15, 0.2) is 0 Å². The van der Waals surface area contributed by atoms with E-state index in [9.17, 15) is 9.90 Å². The molecular weight excluding hydrogens is 354 g/mol. The molecule has 2 heterocycles. The molecule has 0 spiro atoms. The number of rotatable bonds is 9. The molecule has 0 saturated carbocycles. The topological polar surface area (TPSA) is 67.6 Å². The van der Waals surface area contributed by atoms with E-state index in [1.54, 1.807) is 30.1 Å². The van der Waals surface area contributed by atoms with Crippen molar-refractivity contribution in [2.24, 2.45) is 0 Å². The fraction of sp³-hybridized carbons (Fsp3) is 0.273. The molecule has 0 aliphatic carbocycles. The molecule has 146 valence electrons. The Morgan fingerprint density at radius 2 is 1.86 bits per heavy atom. The second-order valence-corrected chi connectivity index (χ2v) is 6.95. The minimum Gasteiger partial charge on any atom is -0.492 e. The highest BCUT2D eigenvalue weighted by atomic mass is 16.5. The van der Waals surface area contributed by atoms with Gasteiger partial charge in [0, 0.05) is 32.1 Å². The number of likely N-dealkylation sites (N-methyl/N-ethyl adjacent to an activating group) is 1. The third-order valence-corrected chi connectivity index (χ3v) is 4.84. The number of hydrogen-bond acceptors (Lipinski definition) is 4. The summed E-state index contributed by atoms with van der Waals surface area (Å²) in [6.45, 7) is 2.97. The monoisotopic (exact) mass is 379 g/mol. The van der Waals surface area contributed by atoms with Crippen molar-refractivity contribution < 1.29 is 14.6 Å². The van der Waals surface area contributed by atoms with Crippen molar-refractivity contribution in [1.82, 2.24) is 9.55 Å². The van der Waals surface area contributed by atoms with E-state index in [4.69, 9.17) is 4.74 Å². The van der Waals surface area contributed by atoms with Gasteiger partial charge < -0.3 is 19.3 Å². The molecular formula is C22H25N3O3. The number of pyridine rings is 1. The van der Waals surface area contributed by atoms with Gasteiger partial charge in [-0.2, -0.15) is 0 Å². The van der Waals surface area contributed by atoms with Crippen molar-refractivity contribution in [3.8, 4) is 5.75 Å². The minimum atomic E-state index is -1.03. The van der Waals surface area contributed by atoms with Crippen LogP contribution < -0.4 is 9.64 Å². The number of nitrogens with zero attached hydrogens (tertiary/aromatic N) is 3. The molecule has 6 heteroatoms. The fourth-order valence-electron chi connectivity index (χ4n) is 3.04. The van der Waals surface area contributed by atoms with E-state index in [-0.39, 0.29) is 0 Å². The van der Waals surface area contributed by atoms with Crippen molar-refractivity contribution in [1.29, 1.82) is 0 Å². The second kappa shape index (κ2) is 8.61. The van der Waals surface area contributed by atoms with Crippen molar-refractivity contribution in [3.63, 3.8) is 0 Å². The Balaban J connectivity index is 1.57. The largest absolute Gasteiger partial charge is 0.492 e. The van der Waals surface area contributed by atoms with Crippen LogP contribution in [0, 0.1) is 0 Å². The summed E-state index contributed by atoms with van der Waals surface area (Å²) >= 11 is 0. The number of ether oxygens (including phenoxy) is 1. The summed E-state index contributed by atoms with van der Waals surface area (Å²) in [5, 5.41) is 9.73.